The normalized spacial score (nSPS) is 11.2. The average molecular weight is 325 g/mol. The minimum atomic E-state index is 0.684. The number of hydrogen-bond donors (Lipinski definition) is 2. The highest BCUT2D eigenvalue weighted by Crippen LogP contribution is 2.28. The van der Waals surface area contributed by atoms with Crippen LogP contribution in [-0.2, 0) is 6.54 Å². The lowest BCUT2D eigenvalue weighted by atomic mass is 10.2. The summed E-state index contributed by atoms with van der Waals surface area (Å²) in [5, 5.41) is 6.56. The molecule has 0 aliphatic rings. The highest BCUT2D eigenvalue weighted by molar-refractivity contribution is 7.98. The topological polar surface area (TPSA) is 54.9 Å². The molecule has 0 aromatic heterocycles. The molecule has 0 radical (unpaired) electrons. The van der Waals surface area contributed by atoms with Crippen LogP contribution in [0.25, 0.3) is 0 Å². The standard InChI is InChI=1S/C16H27N3O2S/c1-5-9-21-14-7-6-13(11-15(14)20-3)12-19-16(17-2)18-8-10-22-4/h6-7,11H,5,8-10,12H2,1-4H3,(H2,17,18,19). The summed E-state index contributed by atoms with van der Waals surface area (Å²) in [6.45, 7) is 4.36. The summed E-state index contributed by atoms with van der Waals surface area (Å²) in [5.41, 5.74) is 1.12. The fourth-order valence-electron chi connectivity index (χ4n) is 1.83. The van der Waals surface area contributed by atoms with Gasteiger partial charge in [0, 0.05) is 25.9 Å². The number of rotatable bonds is 9. The van der Waals surface area contributed by atoms with Crippen LogP contribution in [0.15, 0.2) is 23.2 Å². The predicted octanol–water partition coefficient (Wildman–Crippen LogP) is 2.51. The molecule has 0 atom stereocenters. The van der Waals surface area contributed by atoms with Crippen molar-refractivity contribution in [3.05, 3.63) is 23.8 Å². The Morgan fingerprint density at radius 3 is 2.73 bits per heavy atom. The number of aliphatic imine (C=N–C) groups is 1. The zero-order valence-electron chi connectivity index (χ0n) is 13.9. The van der Waals surface area contributed by atoms with Crippen molar-refractivity contribution in [1.29, 1.82) is 0 Å². The number of nitrogens with zero attached hydrogens (tertiary/aromatic N) is 1. The molecule has 0 spiro atoms. The summed E-state index contributed by atoms with van der Waals surface area (Å²) in [7, 11) is 3.44. The van der Waals surface area contributed by atoms with Crippen LogP contribution in [0.3, 0.4) is 0 Å². The summed E-state index contributed by atoms with van der Waals surface area (Å²) in [4.78, 5) is 4.20. The molecule has 0 bridgehead atoms. The summed E-state index contributed by atoms with van der Waals surface area (Å²) < 4.78 is 11.1. The molecule has 0 amide bonds. The Morgan fingerprint density at radius 2 is 2.09 bits per heavy atom. The van der Waals surface area contributed by atoms with Crippen LogP contribution in [0, 0.1) is 0 Å². The smallest absolute Gasteiger partial charge is 0.191 e. The molecule has 0 aliphatic heterocycles. The van der Waals surface area contributed by atoms with E-state index in [9.17, 15) is 0 Å². The van der Waals surface area contributed by atoms with Gasteiger partial charge in [-0.15, -0.1) is 0 Å². The maximum atomic E-state index is 5.66. The van der Waals surface area contributed by atoms with Crippen LogP contribution < -0.4 is 20.1 Å². The Bertz CT molecular complexity index is 467. The Balaban J connectivity index is 2.58. The molecule has 1 aromatic rings. The number of benzene rings is 1. The van der Waals surface area contributed by atoms with Crippen molar-refractivity contribution in [2.24, 2.45) is 4.99 Å². The van der Waals surface area contributed by atoms with Gasteiger partial charge in [-0.3, -0.25) is 4.99 Å². The van der Waals surface area contributed by atoms with Crippen LogP contribution in [0.4, 0.5) is 0 Å². The number of thioether (sulfide) groups is 1. The van der Waals surface area contributed by atoms with Crippen LogP contribution >= 0.6 is 11.8 Å². The van der Waals surface area contributed by atoms with E-state index in [1.54, 1.807) is 25.9 Å². The summed E-state index contributed by atoms with van der Waals surface area (Å²) in [6.07, 6.45) is 3.07. The molecule has 0 unspecified atom stereocenters. The number of ether oxygens (including phenoxy) is 2. The second-order valence-corrected chi connectivity index (χ2v) is 5.66. The van der Waals surface area contributed by atoms with E-state index in [-0.39, 0.29) is 0 Å². The van der Waals surface area contributed by atoms with E-state index in [4.69, 9.17) is 9.47 Å². The first-order valence-electron chi connectivity index (χ1n) is 7.48. The molecule has 2 N–H and O–H groups in total. The first kappa shape index (κ1) is 18.5. The number of hydrogen-bond acceptors (Lipinski definition) is 4. The van der Waals surface area contributed by atoms with Gasteiger partial charge in [0.2, 0.25) is 0 Å². The molecule has 22 heavy (non-hydrogen) atoms. The predicted molar refractivity (Wildman–Crippen MR) is 95.4 cm³/mol. The zero-order valence-corrected chi connectivity index (χ0v) is 14.8. The Kier molecular flexibility index (Phi) is 9.30. The van der Waals surface area contributed by atoms with E-state index in [2.05, 4.69) is 28.8 Å². The van der Waals surface area contributed by atoms with Gasteiger partial charge in [-0.05, 0) is 30.4 Å². The van der Waals surface area contributed by atoms with Gasteiger partial charge in [-0.2, -0.15) is 11.8 Å². The summed E-state index contributed by atoms with van der Waals surface area (Å²) in [6, 6.07) is 5.98. The minimum absolute atomic E-state index is 0.684. The third-order valence-electron chi connectivity index (χ3n) is 2.97. The summed E-state index contributed by atoms with van der Waals surface area (Å²) in [5.74, 6) is 3.41. The molecule has 124 valence electrons. The quantitative estimate of drug-likeness (QED) is 0.415. The average Bonchev–Trinajstić information content (AvgIpc) is 2.56. The minimum Gasteiger partial charge on any atom is -0.493 e. The van der Waals surface area contributed by atoms with Crippen molar-refractivity contribution in [3.63, 3.8) is 0 Å². The lowest BCUT2D eigenvalue weighted by Crippen LogP contribution is -2.37. The molecule has 0 heterocycles. The second-order valence-electron chi connectivity index (χ2n) is 4.68. The molecule has 0 fully saturated rings. The zero-order chi connectivity index (χ0) is 16.2. The van der Waals surface area contributed by atoms with Gasteiger partial charge in [-0.1, -0.05) is 13.0 Å². The fourth-order valence-corrected chi connectivity index (χ4v) is 2.14. The number of guanidine groups is 1. The first-order chi connectivity index (χ1) is 10.7. The molecular weight excluding hydrogens is 298 g/mol. The van der Waals surface area contributed by atoms with Gasteiger partial charge in [0.15, 0.2) is 17.5 Å². The number of methoxy groups -OCH3 is 1. The second kappa shape index (κ2) is 11.1. The van der Waals surface area contributed by atoms with E-state index in [0.29, 0.717) is 13.2 Å². The van der Waals surface area contributed by atoms with Crippen LogP contribution in [0.2, 0.25) is 0 Å². The van der Waals surface area contributed by atoms with E-state index in [1.165, 1.54) is 0 Å². The van der Waals surface area contributed by atoms with Crippen molar-refractivity contribution in [2.45, 2.75) is 19.9 Å². The molecule has 0 saturated carbocycles. The first-order valence-corrected chi connectivity index (χ1v) is 8.87. The van der Waals surface area contributed by atoms with Gasteiger partial charge in [0.05, 0.1) is 13.7 Å². The maximum absolute atomic E-state index is 5.66. The Labute approximate surface area is 137 Å². The van der Waals surface area contributed by atoms with Crippen molar-refractivity contribution < 1.29 is 9.47 Å². The van der Waals surface area contributed by atoms with Crippen LogP contribution in [0.1, 0.15) is 18.9 Å². The van der Waals surface area contributed by atoms with E-state index in [0.717, 1.165) is 41.7 Å². The van der Waals surface area contributed by atoms with Gasteiger partial charge in [0.1, 0.15) is 0 Å². The third-order valence-corrected chi connectivity index (χ3v) is 3.58. The van der Waals surface area contributed by atoms with Crippen molar-refractivity contribution >= 4 is 17.7 Å². The van der Waals surface area contributed by atoms with Gasteiger partial charge in [0.25, 0.3) is 0 Å². The van der Waals surface area contributed by atoms with Crippen LogP contribution in [-0.4, -0.2) is 45.3 Å². The molecule has 1 aromatic carbocycles. The van der Waals surface area contributed by atoms with Gasteiger partial charge in [-0.25, -0.2) is 0 Å². The van der Waals surface area contributed by atoms with Gasteiger partial charge < -0.3 is 20.1 Å². The highest BCUT2D eigenvalue weighted by Gasteiger charge is 2.06. The van der Waals surface area contributed by atoms with Crippen molar-refractivity contribution in [2.75, 3.05) is 39.3 Å². The Morgan fingerprint density at radius 1 is 1.27 bits per heavy atom. The molecule has 5 nitrogen and oxygen atoms in total. The fraction of sp³-hybridized carbons (Fsp3) is 0.562. The summed E-state index contributed by atoms with van der Waals surface area (Å²) >= 11 is 1.81. The van der Waals surface area contributed by atoms with Crippen molar-refractivity contribution in [1.82, 2.24) is 10.6 Å². The maximum Gasteiger partial charge on any atom is 0.191 e. The lowest BCUT2D eigenvalue weighted by molar-refractivity contribution is 0.294. The lowest BCUT2D eigenvalue weighted by Gasteiger charge is -2.14. The third kappa shape index (κ3) is 6.47. The molecule has 0 aliphatic carbocycles. The largest absolute Gasteiger partial charge is 0.493 e. The molecule has 1 rings (SSSR count). The van der Waals surface area contributed by atoms with Crippen LogP contribution in [0.5, 0.6) is 11.5 Å². The molecule has 0 saturated heterocycles. The van der Waals surface area contributed by atoms with Gasteiger partial charge >= 0.3 is 0 Å². The molecule has 6 heteroatoms. The number of nitrogens with one attached hydrogen (secondary N) is 2. The van der Waals surface area contributed by atoms with E-state index < -0.39 is 0 Å². The monoisotopic (exact) mass is 325 g/mol. The highest BCUT2D eigenvalue weighted by atomic mass is 32.2. The Hall–Kier alpha value is -1.56. The molecular formula is C16H27N3O2S. The SMILES string of the molecule is CCCOc1ccc(CNC(=NC)NCCSC)cc1OC. The van der Waals surface area contributed by atoms with Crippen molar-refractivity contribution in [3.8, 4) is 11.5 Å². The van der Waals surface area contributed by atoms with E-state index >= 15 is 0 Å². The van der Waals surface area contributed by atoms with E-state index in [1.807, 2.05) is 18.2 Å².